The maximum absolute atomic E-state index is 12.9. The summed E-state index contributed by atoms with van der Waals surface area (Å²) >= 11 is 0. The van der Waals surface area contributed by atoms with Crippen LogP contribution in [0.25, 0.3) is 0 Å². The van der Waals surface area contributed by atoms with Crippen molar-refractivity contribution in [1.29, 1.82) is 0 Å². The lowest BCUT2D eigenvalue weighted by Gasteiger charge is -2.30. The Kier molecular flexibility index (Phi) is 38.3. The van der Waals surface area contributed by atoms with Crippen molar-refractivity contribution in [3.63, 3.8) is 0 Å². The van der Waals surface area contributed by atoms with Crippen LogP contribution < -0.4 is 52.5 Å². The maximum atomic E-state index is 12.9. The van der Waals surface area contributed by atoms with Gasteiger partial charge in [0.1, 0.15) is 0 Å². The Bertz CT molecular complexity index is 2200. The second kappa shape index (κ2) is 41.2. The quantitative estimate of drug-likeness (QED) is 0.0258. The van der Waals surface area contributed by atoms with Gasteiger partial charge < -0.3 is 82.4 Å². The summed E-state index contributed by atoms with van der Waals surface area (Å²) in [4.78, 5) is 68.2. The van der Waals surface area contributed by atoms with E-state index in [0.717, 1.165) is 36.8 Å². The van der Waals surface area contributed by atoms with Crippen LogP contribution in [-0.2, 0) is 51.1 Å². The molecular formula is C64H110N6O16. The number of carboxylic acid groups (broad SMARTS) is 2. The number of carbonyl (C=O) groups excluding carboxylic acids is 4. The molecule has 4 amide bonds. The van der Waals surface area contributed by atoms with Gasteiger partial charge in [0, 0.05) is 89.4 Å². The second-order valence-electron chi connectivity index (χ2n) is 24.8. The number of methoxy groups -OCH3 is 4. The molecule has 492 valence electrons. The minimum absolute atomic E-state index is 0.00829. The van der Waals surface area contributed by atoms with Crippen LogP contribution in [0.15, 0.2) is 48.6 Å². The molecule has 2 aromatic rings. The maximum Gasteiger partial charge on any atom is 0.328 e. The summed E-state index contributed by atoms with van der Waals surface area (Å²) in [5.41, 5.74) is 24.4. The zero-order valence-corrected chi connectivity index (χ0v) is 54.4. The van der Waals surface area contributed by atoms with Gasteiger partial charge in [-0.15, -0.1) is 0 Å². The SMILES string of the molecule is COCCCOc1cc(C[C@H](C[C@@H](N)[C@H](O)C[C@@H](C(=O)NCC(C)(C)C(N)=O)C(C)C)C(C)C)ccc1OC.COCCCOc1cc(C[C@H](C[C@@H](N)[C@H](O)C[C@@H](C(=O)NCC(C)(C)C(N)=O)C(C)C)C(C)C)ccc1OC.O=C(O)/C=C/C(=O)O. The number of rotatable bonds is 40. The molecular weight excluding hydrogens is 1110 g/mol. The van der Waals surface area contributed by atoms with Crippen molar-refractivity contribution in [2.75, 3.05) is 68.0 Å². The van der Waals surface area contributed by atoms with Crippen molar-refractivity contribution < 1.29 is 77.6 Å². The average Bonchev–Trinajstić information content (AvgIpc) is 2.92. The molecule has 0 saturated carbocycles. The topological polar surface area (TPSA) is 367 Å². The highest BCUT2D eigenvalue weighted by atomic mass is 16.5. The molecule has 0 saturated heterocycles. The molecule has 2 aromatic carbocycles. The lowest BCUT2D eigenvalue weighted by atomic mass is 9.80. The van der Waals surface area contributed by atoms with Gasteiger partial charge in [-0.05, 0) is 137 Å². The van der Waals surface area contributed by atoms with Crippen LogP contribution in [0, 0.1) is 58.2 Å². The standard InChI is InChI=1S/2C30H53N3O6.C4H4O4/c2*1-19(2)22(14-21-10-11-26(38-8)27(15-21)39-13-9-12-37-7)16-24(31)25(34)17-23(20(3)4)28(35)33-18-30(5,6)29(32)36;5-3(6)1-2-4(7)8/h2*10-11,15,19-20,22-25,34H,9,12-14,16-18,31H2,1-8H3,(H2,32,36)(H,33,35);1-2H,(H,5,6)(H,7,8)/b;;2-1+/t2*22-,23-,24-,25-;/m11./s1. The highest BCUT2D eigenvalue weighted by molar-refractivity contribution is 5.89. The number of carbonyl (C=O) groups is 6. The third-order valence-electron chi connectivity index (χ3n) is 15.4. The molecule has 8 atom stereocenters. The molecule has 0 aliphatic heterocycles. The van der Waals surface area contributed by atoms with E-state index in [1.807, 2.05) is 64.1 Å². The van der Waals surface area contributed by atoms with Crippen molar-refractivity contribution in [2.45, 2.75) is 159 Å². The molecule has 0 spiro atoms. The number of hydrogen-bond acceptors (Lipinski definition) is 16. The van der Waals surface area contributed by atoms with E-state index in [1.54, 1.807) is 56.1 Å². The lowest BCUT2D eigenvalue weighted by Crippen LogP contribution is -2.46. The molecule has 0 radical (unpaired) electrons. The molecule has 22 heteroatoms. The number of aliphatic carboxylic acids is 2. The van der Waals surface area contributed by atoms with E-state index in [-0.39, 0.29) is 61.4 Å². The molecule has 0 heterocycles. The van der Waals surface area contributed by atoms with Gasteiger partial charge in [0.05, 0.1) is 50.5 Å². The Balaban J connectivity index is 0.00000149. The van der Waals surface area contributed by atoms with Crippen LogP contribution in [0.1, 0.15) is 133 Å². The van der Waals surface area contributed by atoms with Gasteiger partial charge in [-0.25, -0.2) is 9.59 Å². The summed E-state index contributed by atoms with van der Waals surface area (Å²) in [6, 6.07) is 10.9. The van der Waals surface area contributed by atoms with Gasteiger partial charge in [-0.1, -0.05) is 67.5 Å². The van der Waals surface area contributed by atoms with Gasteiger partial charge in [-0.3, -0.25) is 19.2 Å². The van der Waals surface area contributed by atoms with Crippen molar-refractivity contribution in [1.82, 2.24) is 10.6 Å². The second-order valence-corrected chi connectivity index (χ2v) is 24.8. The number of nitrogens with one attached hydrogen (secondary N) is 2. The van der Waals surface area contributed by atoms with E-state index in [2.05, 4.69) is 38.3 Å². The summed E-state index contributed by atoms with van der Waals surface area (Å²) in [6.45, 7) is 25.7. The fraction of sp³-hybridized carbons (Fsp3) is 0.688. The molecule has 0 unspecified atom stereocenters. The Labute approximate surface area is 512 Å². The number of benzene rings is 2. The van der Waals surface area contributed by atoms with Crippen molar-refractivity contribution in [3.05, 3.63) is 59.7 Å². The van der Waals surface area contributed by atoms with E-state index < -0.39 is 70.7 Å². The number of primary amides is 2. The van der Waals surface area contributed by atoms with Crippen molar-refractivity contribution in [2.24, 2.45) is 81.1 Å². The predicted octanol–water partition coefficient (Wildman–Crippen LogP) is 6.30. The first-order chi connectivity index (χ1) is 40.1. The van der Waals surface area contributed by atoms with E-state index in [1.165, 1.54) is 0 Å². The summed E-state index contributed by atoms with van der Waals surface area (Å²) in [7, 11) is 6.58. The number of ether oxygens (including phenoxy) is 6. The van der Waals surface area contributed by atoms with Crippen LogP contribution in [-0.4, -0.2) is 148 Å². The number of amides is 4. The van der Waals surface area contributed by atoms with Crippen LogP contribution in [0.5, 0.6) is 23.0 Å². The van der Waals surface area contributed by atoms with E-state index in [0.29, 0.717) is 86.3 Å². The van der Waals surface area contributed by atoms with Crippen LogP contribution in [0.2, 0.25) is 0 Å². The summed E-state index contributed by atoms with van der Waals surface area (Å²) in [5, 5.41) is 43.4. The number of aliphatic hydroxyl groups excluding tert-OH is 2. The zero-order chi connectivity index (χ0) is 66.1. The minimum Gasteiger partial charge on any atom is -0.493 e. The molecule has 0 bridgehead atoms. The monoisotopic (exact) mass is 1220 g/mol. The van der Waals surface area contributed by atoms with Crippen molar-refractivity contribution >= 4 is 35.6 Å². The third kappa shape index (κ3) is 31.6. The molecule has 0 aliphatic carbocycles. The Morgan fingerprint density at radius 2 is 0.837 bits per heavy atom. The fourth-order valence-corrected chi connectivity index (χ4v) is 8.92. The third-order valence-corrected chi connectivity index (χ3v) is 15.4. The smallest absolute Gasteiger partial charge is 0.328 e. The van der Waals surface area contributed by atoms with Gasteiger partial charge in [0.2, 0.25) is 23.6 Å². The molecule has 86 heavy (non-hydrogen) atoms. The fourth-order valence-electron chi connectivity index (χ4n) is 8.92. The summed E-state index contributed by atoms with van der Waals surface area (Å²) in [5.74, 6) is -0.929. The number of aliphatic hydroxyl groups is 2. The van der Waals surface area contributed by atoms with Crippen LogP contribution in [0.3, 0.4) is 0 Å². The van der Waals surface area contributed by atoms with Gasteiger partial charge in [0.25, 0.3) is 0 Å². The van der Waals surface area contributed by atoms with Gasteiger partial charge in [0.15, 0.2) is 23.0 Å². The van der Waals surface area contributed by atoms with E-state index >= 15 is 0 Å². The number of carboxylic acids is 2. The first kappa shape index (κ1) is 80.0. The van der Waals surface area contributed by atoms with E-state index in [4.69, 9.17) is 61.6 Å². The van der Waals surface area contributed by atoms with Crippen molar-refractivity contribution in [3.8, 4) is 23.0 Å². The Morgan fingerprint density at radius 3 is 1.09 bits per heavy atom. The molecule has 0 fully saturated rings. The highest BCUT2D eigenvalue weighted by Gasteiger charge is 2.34. The molecule has 22 nitrogen and oxygen atoms in total. The molecule has 0 aromatic heterocycles. The summed E-state index contributed by atoms with van der Waals surface area (Å²) in [6.07, 6.45) is 4.24. The highest BCUT2D eigenvalue weighted by Crippen LogP contribution is 2.34. The molecule has 0 aliphatic rings. The zero-order valence-electron chi connectivity index (χ0n) is 54.4. The normalized spacial score (nSPS) is 14.6. The molecule has 14 N–H and O–H groups in total. The largest absolute Gasteiger partial charge is 0.493 e. The minimum atomic E-state index is -1.26. The predicted molar refractivity (Wildman–Crippen MR) is 333 cm³/mol. The van der Waals surface area contributed by atoms with Crippen LogP contribution in [0.4, 0.5) is 0 Å². The number of nitrogens with two attached hydrogens (primary N) is 4. The van der Waals surface area contributed by atoms with Gasteiger partial charge in [-0.2, -0.15) is 0 Å². The van der Waals surface area contributed by atoms with Gasteiger partial charge >= 0.3 is 11.9 Å². The Hall–Kier alpha value is -6.04. The first-order valence-electron chi connectivity index (χ1n) is 29.8. The average molecular weight is 1220 g/mol. The summed E-state index contributed by atoms with van der Waals surface area (Å²) < 4.78 is 33.0. The Morgan fingerprint density at radius 1 is 0.512 bits per heavy atom. The first-order valence-corrected chi connectivity index (χ1v) is 29.8. The van der Waals surface area contributed by atoms with Crippen LogP contribution >= 0.6 is 0 Å². The van der Waals surface area contributed by atoms with E-state index in [9.17, 15) is 39.0 Å². The molecule has 2 rings (SSSR count). The lowest BCUT2D eigenvalue weighted by molar-refractivity contribution is -0.134. The number of hydrogen-bond donors (Lipinski definition) is 10.